The number of hydrogen-bond acceptors (Lipinski definition) is 1. The molecule has 0 aliphatic carbocycles. The molecule has 2 nitrogen and oxygen atoms in total. The third-order valence-electron chi connectivity index (χ3n) is 1.41. The number of halogens is 1. The maximum absolute atomic E-state index is 4.08. The Bertz CT molecular complexity index is 353. The third-order valence-corrected chi connectivity index (χ3v) is 2.02. The summed E-state index contributed by atoms with van der Waals surface area (Å²) in [5, 5.41) is 0. The maximum Gasteiger partial charge on any atom is 0.130 e. The molecule has 0 saturated carbocycles. The van der Waals surface area contributed by atoms with E-state index in [-0.39, 0.29) is 0 Å². The first-order valence-electron chi connectivity index (χ1n) is 2.95. The molecule has 0 spiro atoms. The fraction of sp³-hybridized carbons (Fsp3) is 0. The summed E-state index contributed by atoms with van der Waals surface area (Å²) >= 11 is 3.34. The van der Waals surface area contributed by atoms with Crippen molar-refractivity contribution in [2.75, 3.05) is 0 Å². The summed E-state index contributed by atoms with van der Waals surface area (Å²) in [5.41, 5.74) is 1.10. The fourth-order valence-corrected chi connectivity index (χ4v) is 1.39. The van der Waals surface area contributed by atoms with Gasteiger partial charge in [0.2, 0.25) is 0 Å². The molecule has 3 heteroatoms. The van der Waals surface area contributed by atoms with E-state index in [0.717, 1.165) is 10.1 Å². The van der Waals surface area contributed by atoms with E-state index in [1.807, 2.05) is 28.9 Å². The molecular weight excluding hydrogens is 192 g/mol. The van der Waals surface area contributed by atoms with Crippen LogP contribution in [0.15, 0.2) is 35.3 Å². The fourth-order valence-electron chi connectivity index (χ4n) is 0.935. The van der Waals surface area contributed by atoms with E-state index in [0.29, 0.717) is 0 Å². The van der Waals surface area contributed by atoms with Crippen LogP contribution in [0.4, 0.5) is 0 Å². The van der Waals surface area contributed by atoms with E-state index >= 15 is 0 Å². The molecule has 0 aliphatic heterocycles. The van der Waals surface area contributed by atoms with Crippen LogP contribution in [0.1, 0.15) is 0 Å². The predicted octanol–water partition coefficient (Wildman–Crippen LogP) is 2.10. The van der Waals surface area contributed by atoms with Gasteiger partial charge in [-0.25, -0.2) is 4.98 Å². The van der Waals surface area contributed by atoms with Gasteiger partial charge in [-0.1, -0.05) is 0 Å². The van der Waals surface area contributed by atoms with Gasteiger partial charge in [-0.3, -0.25) is 0 Å². The van der Waals surface area contributed by atoms with Crippen molar-refractivity contribution in [2.24, 2.45) is 0 Å². The van der Waals surface area contributed by atoms with Gasteiger partial charge in [-0.05, 0) is 28.1 Å². The second-order valence-electron chi connectivity index (χ2n) is 2.02. The zero-order valence-corrected chi connectivity index (χ0v) is 6.75. The predicted molar refractivity (Wildman–Crippen MR) is 42.9 cm³/mol. The van der Waals surface area contributed by atoms with E-state index in [1.165, 1.54) is 0 Å². The minimum atomic E-state index is 0.889. The Morgan fingerprint density at radius 3 is 3.10 bits per heavy atom. The van der Waals surface area contributed by atoms with Gasteiger partial charge in [0.05, 0.1) is 5.52 Å². The van der Waals surface area contributed by atoms with Gasteiger partial charge in [0.25, 0.3) is 0 Å². The molecule has 50 valence electrons. The Labute approximate surface area is 66.6 Å². The highest BCUT2D eigenvalue weighted by molar-refractivity contribution is 9.10. The molecular formula is C7H5BrN2. The summed E-state index contributed by atoms with van der Waals surface area (Å²) in [5.74, 6) is 0. The summed E-state index contributed by atoms with van der Waals surface area (Å²) in [4.78, 5) is 4.08. The van der Waals surface area contributed by atoms with Crippen LogP contribution in [0, 0.1) is 0 Å². The Morgan fingerprint density at radius 1 is 1.40 bits per heavy atom. The topological polar surface area (TPSA) is 17.3 Å². The number of fused-ring (bicyclic) bond motifs is 1. The van der Waals surface area contributed by atoms with Crippen molar-refractivity contribution in [3.63, 3.8) is 0 Å². The van der Waals surface area contributed by atoms with Crippen molar-refractivity contribution >= 4 is 21.4 Å². The molecule has 0 bridgehead atoms. The Morgan fingerprint density at radius 2 is 2.30 bits per heavy atom. The van der Waals surface area contributed by atoms with Gasteiger partial charge >= 0.3 is 0 Å². The Balaban J connectivity index is 2.95. The lowest BCUT2D eigenvalue weighted by atomic mass is 10.5. The van der Waals surface area contributed by atoms with Crippen molar-refractivity contribution < 1.29 is 0 Å². The number of rotatable bonds is 0. The van der Waals surface area contributed by atoms with Gasteiger partial charge < -0.3 is 4.40 Å². The molecule has 2 aromatic rings. The first-order chi connectivity index (χ1) is 4.88. The largest absolute Gasteiger partial charge is 0.320 e. The van der Waals surface area contributed by atoms with Gasteiger partial charge in [-0.2, -0.15) is 0 Å². The van der Waals surface area contributed by atoms with Crippen LogP contribution in [0.25, 0.3) is 5.52 Å². The molecule has 2 heterocycles. The second-order valence-corrected chi connectivity index (χ2v) is 2.77. The molecule has 0 aromatic carbocycles. The van der Waals surface area contributed by atoms with Crippen LogP contribution in [-0.2, 0) is 0 Å². The van der Waals surface area contributed by atoms with E-state index in [9.17, 15) is 0 Å². The molecule has 0 fully saturated rings. The molecule has 0 unspecified atom stereocenters. The lowest BCUT2D eigenvalue weighted by molar-refractivity contribution is 1.12. The summed E-state index contributed by atoms with van der Waals surface area (Å²) in [6, 6.07) is 4.00. The highest BCUT2D eigenvalue weighted by Gasteiger charge is 1.94. The normalized spacial score (nSPS) is 10.5. The van der Waals surface area contributed by atoms with E-state index < -0.39 is 0 Å². The quantitative estimate of drug-likeness (QED) is 0.632. The van der Waals surface area contributed by atoms with Crippen LogP contribution in [0.3, 0.4) is 0 Å². The van der Waals surface area contributed by atoms with Crippen molar-refractivity contribution in [1.29, 1.82) is 0 Å². The average Bonchev–Trinajstić information content (AvgIpc) is 2.36. The van der Waals surface area contributed by atoms with Crippen LogP contribution < -0.4 is 0 Å². The summed E-state index contributed by atoms with van der Waals surface area (Å²) in [6.07, 6.45) is 5.67. The van der Waals surface area contributed by atoms with Gasteiger partial charge in [-0.15, -0.1) is 0 Å². The van der Waals surface area contributed by atoms with Gasteiger partial charge in [0.15, 0.2) is 0 Å². The molecule has 0 amide bonds. The molecule has 0 aliphatic rings. The van der Waals surface area contributed by atoms with Crippen LogP contribution >= 0.6 is 15.9 Å². The van der Waals surface area contributed by atoms with Crippen molar-refractivity contribution in [3.8, 4) is 0 Å². The van der Waals surface area contributed by atoms with Crippen molar-refractivity contribution in [3.05, 3.63) is 35.3 Å². The molecule has 0 radical (unpaired) electrons. The van der Waals surface area contributed by atoms with Crippen LogP contribution in [-0.4, -0.2) is 9.38 Å². The first kappa shape index (κ1) is 5.92. The maximum atomic E-state index is 4.08. The lowest BCUT2D eigenvalue weighted by Crippen LogP contribution is -1.83. The van der Waals surface area contributed by atoms with Crippen molar-refractivity contribution in [2.45, 2.75) is 0 Å². The lowest BCUT2D eigenvalue weighted by Gasteiger charge is -1.93. The zero-order valence-electron chi connectivity index (χ0n) is 5.16. The van der Waals surface area contributed by atoms with Crippen molar-refractivity contribution in [1.82, 2.24) is 9.38 Å². The summed E-state index contributed by atoms with van der Waals surface area (Å²) in [7, 11) is 0. The molecule has 2 aromatic heterocycles. The van der Waals surface area contributed by atoms with E-state index in [1.54, 1.807) is 6.20 Å². The summed E-state index contributed by atoms with van der Waals surface area (Å²) in [6.45, 7) is 0. The minimum Gasteiger partial charge on any atom is -0.320 e. The monoisotopic (exact) mass is 196 g/mol. The molecule has 0 N–H and O–H groups in total. The van der Waals surface area contributed by atoms with Gasteiger partial charge in [0, 0.05) is 18.6 Å². The number of aromatic nitrogens is 2. The molecule has 0 saturated heterocycles. The average molecular weight is 197 g/mol. The second kappa shape index (κ2) is 2.09. The van der Waals surface area contributed by atoms with Gasteiger partial charge in [0.1, 0.15) is 4.60 Å². The number of nitrogens with zero attached hydrogens (tertiary/aromatic N) is 2. The van der Waals surface area contributed by atoms with Crippen LogP contribution in [0.2, 0.25) is 0 Å². The minimum absolute atomic E-state index is 0.889. The number of hydrogen-bond donors (Lipinski definition) is 0. The highest BCUT2D eigenvalue weighted by atomic mass is 79.9. The zero-order chi connectivity index (χ0) is 6.97. The summed E-state index contributed by atoms with van der Waals surface area (Å²) < 4.78 is 2.90. The SMILES string of the molecule is Brc1nccn2cccc12. The highest BCUT2D eigenvalue weighted by Crippen LogP contribution is 2.13. The molecule has 10 heavy (non-hydrogen) atoms. The first-order valence-corrected chi connectivity index (χ1v) is 3.74. The standard InChI is InChI=1S/C7H5BrN2/c8-7-6-2-1-4-10(6)5-3-9-7/h1-5H. The smallest absolute Gasteiger partial charge is 0.130 e. The Kier molecular flexibility index (Phi) is 1.24. The Hall–Kier alpha value is -0.830. The third kappa shape index (κ3) is 0.743. The van der Waals surface area contributed by atoms with E-state index in [2.05, 4.69) is 20.9 Å². The van der Waals surface area contributed by atoms with E-state index in [4.69, 9.17) is 0 Å². The molecule has 0 atom stereocenters. The van der Waals surface area contributed by atoms with Crippen LogP contribution in [0.5, 0.6) is 0 Å². The molecule has 2 rings (SSSR count).